The van der Waals surface area contributed by atoms with Crippen molar-refractivity contribution in [1.29, 1.82) is 0 Å². The maximum Gasteiger partial charge on any atom is 0.312 e. The van der Waals surface area contributed by atoms with Crippen molar-refractivity contribution < 1.29 is 22.6 Å². The maximum atomic E-state index is 13.1. The number of H-pyrrole nitrogens is 1. The first-order valence-corrected chi connectivity index (χ1v) is 11.3. The van der Waals surface area contributed by atoms with Crippen molar-refractivity contribution in [2.75, 3.05) is 31.6 Å². The van der Waals surface area contributed by atoms with Crippen molar-refractivity contribution in [3.05, 3.63) is 65.5 Å². The zero-order chi connectivity index (χ0) is 22.0. The minimum Gasteiger partial charge on any atom is -0.379 e. The molecule has 0 spiro atoms. The van der Waals surface area contributed by atoms with Gasteiger partial charge in [0.1, 0.15) is 6.20 Å². The zero-order valence-electron chi connectivity index (χ0n) is 17.3. The summed E-state index contributed by atoms with van der Waals surface area (Å²) in [6.07, 6.45) is 1.66. The van der Waals surface area contributed by atoms with Crippen LogP contribution in [-0.4, -0.2) is 55.0 Å². The molecule has 4 rings (SSSR count). The number of carbonyl (C=O) groups excluding carboxylic acids is 1. The summed E-state index contributed by atoms with van der Waals surface area (Å²) in [6, 6.07) is 11.9. The average Bonchev–Trinajstić information content (AvgIpc) is 3.15. The van der Waals surface area contributed by atoms with Gasteiger partial charge in [-0.1, -0.05) is 12.1 Å². The summed E-state index contributed by atoms with van der Waals surface area (Å²) in [6.45, 7) is 4.96. The summed E-state index contributed by atoms with van der Waals surface area (Å²) in [4.78, 5) is 17.5. The minimum atomic E-state index is -3.70. The van der Waals surface area contributed by atoms with Crippen LogP contribution in [0.5, 0.6) is 0 Å². The highest BCUT2D eigenvalue weighted by Crippen LogP contribution is 2.21. The second-order valence-electron chi connectivity index (χ2n) is 7.30. The Labute approximate surface area is 180 Å². The Kier molecular flexibility index (Phi) is 5.86. The lowest BCUT2D eigenvalue weighted by Gasteiger charge is -2.26. The first-order valence-electron chi connectivity index (χ1n) is 9.89. The average molecular weight is 443 g/mol. The molecule has 1 fully saturated rings. The van der Waals surface area contributed by atoms with E-state index >= 15 is 0 Å². The van der Waals surface area contributed by atoms with Crippen LogP contribution in [0.2, 0.25) is 0 Å². The molecule has 9 nitrogen and oxygen atoms in total. The number of aromatic amines is 1. The molecular weight excluding hydrogens is 418 g/mol. The van der Waals surface area contributed by atoms with Gasteiger partial charge >= 0.3 is 5.91 Å². The van der Waals surface area contributed by atoms with Gasteiger partial charge in [-0.15, -0.1) is 9.67 Å². The van der Waals surface area contributed by atoms with E-state index in [9.17, 15) is 13.2 Å². The Balaban J connectivity index is 1.64. The number of nitrogens with zero attached hydrogens (tertiary/aromatic N) is 3. The number of hydrogen-bond donors (Lipinski definition) is 2. The number of benzene rings is 1. The molecule has 2 N–H and O–H groups in total. The van der Waals surface area contributed by atoms with Crippen molar-refractivity contribution in [3.8, 4) is 5.82 Å². The van der Waals surface area contributed by atoms with Crippen LogP contribution in [0.3, 0.4) is 0 Å². The Bertz CT molecular complexity index is 1200. The highest BCUT2D eigenvalue weighted by atomic mass is 32.2. The van der Waals surface area contributed by atoms with Crippen LogP contribution in [0, 0.1) is 13.8 Å². The van der Waals surface area contributed by atoms with Gasteiger partial charge in [-0.25, -0.2) is 18.8 Å². The van der Waals surface area contributed by atoms with Gasteiger partial charge in [-0.05, 0) is 37.6 Å². The number of sulfonamides is 1. The Morgan fingerprint density at radius 2 is 1.94 bits per heavy atom. The second kappa shape index (κ2) is 8.58. The fraction of sp³-hybridized carbons (Fsp3) is 0.286. The number of morpholine rings is 1. The van der Waals surface area contributed by atoms with Crippen LogP contribution in [0.15, 0.2) is 53.6 Å². The first-order chi connectivity index (χ1) is 14.9. The molecule has 31 heavy (non-hydrogen) atoms. The summed E-state index contributed by atoms with van der Waals surface area (Å²) >= 11 is 0. The Morgan fingerprint density at radius 1 is 1.16 bits per heavy atom. The lowest BCUT2D eigenvalue weighted by atomic mass is 10.1. The monoisotopic (exact) mass is 442 g/mol. The molecule has 162 valence electrons. The third kappa shape index (κ3) is 4.36. The SMILES string of the molecule is Cc1cc(NC(=O)c2cc(S(=O)(=O)N3CCOCC3)ccc2C)[n+](-c2ccccn2)[nH]1. The zero-order valence-corrected chi connectivity index (χ0v) is 18.1. The highest BCUT2D eigenvalue weighted by Gasteiger charge is 2.28. The van der Waals surface area contributed by atoms with Crippen molar-refractivity contribution >= 4 is 21.7 Å². The summed E-state index contributed by atoms with van der Waals surface area (Å²) in [5.74, 6) is 0.716. The number of aryl methyl sites for hydroxylation is 2. The summed E-state index contributed by atoms with van der Waals surface area (Å²) < 4.78 is 34.3. The number of aromatic nitrogens is 3. The van der Waals surface area contributed by atoms with Crippen LogP contribution < -0.4 is 10.00 Å². The second-order valence-corrected chi connectivity index (χ2v) is 9.23. The van der Waals surface area contributed by atoms with Gasteiger partial charge in [0.2, 0.25) is 10.0 Å². The predicted molar refractivity (Wildman–Crippen MR) is 114 cm³/mol. The molecule has 0 saturated carbocycles. The van der Waals surface area contributed by atoms with Gasteiger partial charge in [0.25, 0.3) is 11.6 Å². The third-order valence-electron chi connectivity index (χ3n) is 5.06. The Morgan fingerprint density at radius 3 is 2.65 bits per heavy atom. The molecule has 1 amide bonds. The van der Waals surface area contributed by atoms with Crippen LogP contribution in [-0.2, 0) is 14.8 Å². The lowest BCUT2D eigenvalue weighted by Crippen LogP contribution is -2.40. The number of anilines is 1. The number of pyridine rings is 1. The number of rotatable bonds is 5. The van der Waals surface area contributed by atoms with Crippen molar-refractivity contribution in [2.24, 2.45) is 0 Å². The van der Waals surface area contributed by atoms with E-state index < -0.39 is 15.9 Å². The molecule has 0 unspecified atom stereocenters. The molecule has 0 bridgehead atoms. The topological polar surface area (TPSA) is 108 Å². The fourth-order valence-corrected chi connectivity index (χ4v) is 4.86. The molecule has 0 atom stereocenters. The molecule has 0 radical (unpaired) electrons. The molecule has 2 aromatic heterocycles. The number of ether oxygens (including phenoxy) is 1. The molecule has 3 heterocycles. The van der Waals surface area contributed by atoms with Gasteiger partial charge in [-0.3, -0.25) is 4.79 Å². The quantitative estimate of drug-likeness (QED) is 0.583. The highest BCUT2D eigenvalue weighted by molar-refractivity contribution is 7.89. The summed E-state index contributed by atoms with van der Waals surface area (Å²) in [5, 5.41) is 6.01. The number of amides is 1. The Hall–Kier alpha value is -3.08. The predicted octanol–water partition coefficient (Wildman–Crippen LogP) is 1.58. The molecule has 1 saturated heterocycles. The van der Waals surface area contributed by atoms with Crippen LogP contribution in [0.1, 0.15) is 21.6 Å². The molecular formula is C21H24N5O4S+. The molecule has 10 heteroatoms. The number of carbonyl (C=O) groups is 1. The smallest absolute Gasteiger partial charge is 0.312 e. The number of nitrogens with one attached hydrogen (secondary N) is 2. The van der Waals surface area contributed by atoms with Gasteiger partial charge in [0.05, 0.1) is 23.7 Å². The van der Waals surface area contributed by atoms with Gasteiger partial charge in [-0.2, -0.15) is 4.31 Å². The van der Waals surface area contributed by atoms with E-state index in [1.54, 1.807) is 29.9 Å². The van der Waals surface area contributed by atoms with Gasteiger partial charge < -0.3 is 4.74 Å². The maximum absolute atomic E-state index is 13.1. The van der Waals surface area contributed by atoms with Crippen molar-refractivity contribution in [1.82, 2.24) is 14.4 Å². The van der Waals surface area contributed by atoms with E-state index in [4.69, 9.17) is 4.74 Å². The van der Waals surface area contributed by atoms with Crippen molar-refractivity contribution in [2.45, 2.75) is 18.7 Å². The molecule has 0 aliphatic carbocycles. The molecule has 3 aromatic rings. The normalized spacial score (nSPS) is 15.0. The summed E-state index contributed by atoms with van der Waals surface area (Å²) in [5.41, 5.74) is 1.80. The first kappa shape index (κ1) is 21.2. The van der Waals surface area contributed by atoms with Crippen molar-refractivity contribution in [3.63, 3.8) is 0 Å². The van der Waals surface area contributed by atoms with E-state index in [1.165, 1.54) is 16.4 Å². The van der Waals surface area contributed by atoms with E-state index in [2.05, 4.69) is 15.4 Å². The van der Waals surface area contributed by atoms with E-state index in [1.807, 2.05) is 25.1 Å². The fourth-order valence-electron chi connectivity index (χ4n) is 3.42. The molecule has 1 aliphatic rings. The molecule has 1 aromatic carbocycles. The standard InChI is InChI=1S/C21H23N5O4S/c1-15-6-7-17(31(28,29)25-9-11-30-12-10-25)14-18(15)21(27)23-20-13-16(2)24-26(20)19-5-3-4-8-22-19/h3-8,13-14H,9-12H2,1-2H3,(H,23,24,27)/p+1. The van der Waals surface area contributed by atoms with Crippen LogP contribution in [0.4, 0.5) is 5.82 Å². The minimum absolute atomic E-state index is 0.0907. The van der Waals surface area contributed by atoms with Crippen LogP contribution >= 0.6 is 0 Å². The van der Waals surface area contributed by atoms with Gasteiger partial charge in [0.15, 0.2) is 0 Å². The van der Waals surface area contributed by atoms with E-state index in [-0.39, 0.29) is 4.90 Å². The van der Waals surface area contributed by atoms with E-state index in [0.29, 0.717) is 49.1 Å². The van der Waals surface area contributed by atoms with E-state index in [0.717, 1.165) is 5.69 Å². The third-order valence-corrected chi connectivity index (χ3v) is 6.96. The van der Waals surface area contributed by atoms with Gasteiger partial charge in [0, 0.05) is 30.9 Å². The largest absolute Gasteiger partial charge is 0.379 e. The van der Waals surface area contributed by atoms with Crippen LogP contribution in [0.25, 0.3) is 5.82 Å². The lowest BCUT2D eigenvalue weighted by molar-refractivity contribution is -0.645. The summed E-state index contributed by atoms with van der Waals surface area (Å²) in [7, 11) is -3.70. The molecule has 1 aliphatic heterocycles. The number of hydrogen-bond acceptors (Lipinski definition) is 5.